The number of hydrogen-bond acceptors (Lipinski definition) is 1. The third-order valence-corrected chi connectivity index (χ3v) is 3.27. The van der Waals surface area contributed by atoms with Crippen molar-refractivity contribution in [3.63, 3.8) is 0 Å². The highest BCUT2D eigenvalue weighted by molar-refractivity contribution is 5.11. The Hall–Kier alpha value is -0.300. The van der Waals surface area contributed by atoms with Gasteiger partial charge in [0, 0.05) is 6.54 Å². The fraction of sp³-hybridized carbons (Fsp3) is 0.800. The molecule has 2 aliphatic rings. The molecular weight excluding hydrogens is 134 g/mol. The van der Waals surface area contributed by atoms with Gasteiger partial charge in [0.25, 0.3) is 0 Å². The summed E-state index contributed by atoms with van der Waals surface area (Å²) in [5.74, 6) is 0.913. The minimum atomic E-state index is 0.672. The molecule has 0 bridgehead atoms. The maximum atomic E-state index is 2.42. The lowest BCUT2D eigenvalue weighted by molar-refractivity contribution is 0.313. The molecule has 0 aromatic carbocycles. The van der Waals surface area contributed by atoms with Crippen molar-refractivity contribution in [2.75, 3.05) is 20.1 Å². The van der Waals surface area contributed by atoms with Gasteiger partial charge < -0.3 is 4.90 Å². The SMILES string of the molecule is CN1C/C=C\C2CC2(C)CC1. The van der Waals surface area contributed by atoms with Gasteiger partial charge in [-0.2, -0.15) is 0 Å². The van der Waals surface area contributed by atoms with Crippen molar-refractivity contribution in [2.24, 2.45) is 11.3 Å². The molecule has 0 saturated heterocycles. The quantitative estimate of drug-likeness (QED) is 0.478. The number of hydrogen-bond donors (Lipinski definition) is 0. The van der Waals surface area contributed by atoms with Crippen molar-refractivity contribution in [2.45, 2.75) is 19.8 Å². The molecule has 0 N–H and O–H groups in total. The van der Waals surface area contributed by atoms with Gasteiger partial charge >= 0.3 is 0 Å². The maximum absolute atomic E-state index is 2.42. The molecule has 1 heteroatoms. The van der Waals surface area contributed by atoms with Gasteiger partial charge in [-0.25, -0.2) is 0 Å². The molecule has 2 rings (SSSR count). The third-order valence-electron chi connectivity index (χ3n) is 3.27. The molecule has 2 unspecified atom stereocenters. The molecule has 1 heterocycles. The minimum Gasteiger partial charge on any atom is -0.303 e. The first kappa shape index (κ1) is 7.35. The van der Waals surface area contributed by atoms with E-state index in [1.54, 1.807) is 0 Å². The molecule has 0 aromatic heterocycles. The summed E-state index contributed by atoms with van der Waals surface area (Å²) in [4.78, 5) is 2.40. The molecule has 0 spiro atoms. The first-order valence-electron chi connectivity index (χ1n) is 4.56. The molecule has 0 radical (unpaired) electrons. The Kier molecular flexibility index (Phi) is 1.57. The topological polar surface area (TPSA) is 3.24 Å². The Bertz CT molecular complexity index is 185. The maximum Gasteiger partial charge on any atom is 0.0160 e. The molecule has 1 nitrogen and oxygen atoms in total. The van der Waals surface area contributed by atoms with Crippen LogP contribution >= 0.6 is 0 Å². The minimum absolute atomic E-state index is 0.672. The zero-order chi connectivity index (χ0) is 7.90. The van der Waals surface area contributed by atoms with E-state index in [0.29, 0.717) is 5.41 Å². The van der Waals surface area contributed by atoms with E-state index in [9.17, 15) is 0 Å². The van der Waals surface area contributed by atoms with Crippen LogP contribution < -0.4 is 0 Å². The van der Waals surface area contributed by atoms with E-state index in [0.717, 1.165) is 12.5 Å². The van der Waals surface area contributed by atoms with Crippen LogP contribution in [0.1, 0.15) is 19.8 Å². The van der Waals surface area contributed by atoms with Crippen molar-refractivity contribution >= 4 is 0 Å². The van der Waals surface area contributed by atoms with Crippen molar-refractivity contribution in [3.8, 4) is 0 Å². The molecule has 1 aliphatic heterocycles. The van der Waals surface area contributed by atoms with E-state index in [1.165, 1.54) is 19.4 Å². The summed E-state index contributed by atoms with van der Waals surface area (Å²) in [6.07, 6.45) is 7.56. The summed E-state index contributed by atoms with van der Waals surface area (Å²) in [6.45, 7) is 4.84. The highest BCUT2D eigenvalue weighted by Gasteiger charge is 2.47. The lowest BCUT2D eigenvalue weighted by atomic mass is 10.0. The van der Waals surface area contributed by atoms with E-state index >= 15 is 0 Å². The van der Waals surface area contributed by atoms with Crippen molar-refractivity contribution in [1.82, 2.24) is 4.90 Å². The molecule has 11 heavy (non-hydrogen) atoms. The van der Waals surface area contributed by atoms with E-state index in [-0.39, 0.29) is 0 Å². The Balaban J connectivity index is 2.04. The van der Waals surface area contributed by atoms with Gasteiger partial charge in [-0.1, -0.05) is 19.1 Å². The van der Waals surface area contributed by atoms with E-state index in [4.69, 9.17) is 0 Å². The predicted molar refractivity (Wildman–Crippen MR) is 47.5 cm³/mol. The summed E-state index contributed by atoms with van der Waals surface area (Å²) in [6, 6.07) is 0. The second-order valence-corrected chi connectivity index (χ2v) is 4.41. The van der Waals surface area contributed by atoms with Gasteiger partial charge in [-0.3, -0.25) is 0 Å². The smallest absolute Gasteiger partial charge is 0.0160 e. The lowest BCUT2D eigenvalue weighted by Gasteiger charge is -2.19. The summed E-state index contributed by atoms with van der Waals surface area (Å²) in [7, 11) is 2.20. The molecule has 1 aliphatic carbocycles. The number of allylic oxidation sites excluding steroid dienone is 1. The molecule has 62 valence electrons. The highest BCUT2D eigenvalue weighted by atomic mass is 15.1. The third kappa shape index (κ3) is 1.34. The zero-order valence-corrected chi connectivity index (χ0v) is 7.51. The van der Waals surface area contributed by atoms with Gasteiger partial charge in [0.15, 0.2) is 0 Å². The lowest BCUT2D eigenvalue weighted by Crippen LogP contribution is -2.23. The molecule has 0 amide bonds. The van der Waals surface area contributed by atoms with Gasteiger partial charge in [0.2, 0.25) is 0 Å². The van der Waals surface area contributed by atoms with Crippen molar-refractivity contribution < 1.29 is 0 Å². The summed E-state index contributed by atoms with van der Waals surface area (Å²) < 4.78 is 0. The normalized spacial score (nSPS) is 47.3. The molecule has 1 saturated carbocycles. The Morgan fingerprint density at radius 2 is 2.36 bits per heavy atom. The van der Waals surface area contributed by atoms with Gasteiger partial charge in [-0.05, 0) is 37.8 Å². The van der Waals surface area contributed by atoms with Crippen LogP contribution in [0.5, 0.6) is 0 Å². The second-order valence-electron chi connectivity index (χ2n) is 4.41. The highest BCUT2D eigenvalue weighted by Crippen LogP contribution is 2.55. The average Bonchev–Trinajstić information content (AvgIpc) is 2.56. The monoisotopic (exact) mass is 151 g/mol. The molecule has 2 atom stereocenters. The van der Waals surface area contributed by atoms with E-state index in [2.05, 4.69) is 31.0 Å². The van der Waals surface area contributed by atoms with Crippen molar-refractivity contribution in [1.29, 1.82) is 0 Å². The van der Waals surface area contributed by atoms with E-state index < -0.39 is 0 Å². The van der Waals surface area contributed by atoms with Crippen LogP contribution in [0.4, 0.5) is 0 Å². The summed E-state index contributed by atoms with van der Waals surface area (Å²) in [5.41, 5.74) is 0.672. The van der Waals surface area contributed by atoms with Crippen LogP contribution in [0, 0.1) is 11.3 Å². The molecule has 1 fully saturated rings. The Morgan fingerprint density at radius 3 is 3.18 bits per heavy atom. The van der Waals surface area contributed by atoms with E-state index in [1.807, 2.05) is 0 Å². The van der Waals surface area contributed by atoms with Crippen LogP contribution in [0.3, 0.4) is 0 Å². The number of rotatable bonds is 0. The Morgan fingerprint density at radius 1 is 1.55 bits per heavy atom. The van der Waals surface area contributed by atoms with Crippen LogP contribution in [-0.2, 0) is 0 Å². The number of likely N-dealkylation sites (N-methyl/N-ethyl adjacent to an activating group) is 1. The predicted octanol–water partition coefficient (Wildman–Crippen LogP) is 1.90. The fourth-order valence-electron chi connectivity index (χ4n) is 1.97. The average molecular weight is 151 g/mol. The number of nitrogens with zero attached hydrogens (tertiary/aromatic N) is 1. The summed E-state index contributed by atoms with van der Waals surface area (Å²) >= 11 is 0. The van der Waals surface area contributed by atoms with Gasteiger partial charge in [0.05, 0.1) is 0 Å². The summed E-state index contributed by atoms with van der Waals surface area (Å²) in [5, 5.41) is 0. The van der Waals surface area contributed by atoms with Crippen LogP contribution in [0.15, 0.2) is 12.2 Å². The largest absolute Gasteiger partial charge is 0.303 e. The standard InChI is InChI=1S/C10H17N/c1-10-5-7-11(2)6-3-4-9(10)8-10/h3-4,9H,5-8H2,1-2H3/b4-3-. The van der Waals surface area contributed by atoms with Gasteiger partial charge in [0.1, 0.15) is 0 Å². The fourth-order valence-corrected chi connectivity index (χ4v) is 1.97. The first-order chi connectivity index (χ1) is 5.21. The molecular formula is C10H17N. The Labute approximate surface area is 69.1 Å². The van der Waals surface area contributed by atoms with Crippen LogP contribution in [-0.4, -0.2) is 25.0 Å². The molecule has 0 aromatic rings. The zero-order valence-electron chi connectivity index (χ0n) is 7.51. The van der Waals surface area contributed by atoms with Crippen molar-refractivity contribution in [3.05, 3.63) is 12.2 Å². The second kappa shape index (κ2) is 2.34. The van der Waals surface area contributed by atoms with Gasteiger partial charge in [-0.15, -0.1) is 0 Å². The van der Waals surface area contributed by atoms with Crippen LogP contribution in [0.25, 0.3) is 0 Å². The van der Waals surface area contributed by atoms with Crippen LogP contribution in [0.2, 0.25) is 0 Å². The first-order valence-corrected chi connectivity index (χ1v) is 4.56. The number of fused-ring (bicyclic) bond motifs is 1.